The van der Waals surface area contributed by atoms with Crippen LogP contribution in [0.2, 0.25) is 0 Å². The van der Waals surface area contributed by atoms with Crippen molar-refractivity contribution in [2.75, 3.05) is 20.1 Å². The fourth-order valence-corrected chi connectivity index (χ4v) is 3.83. The molecule has 0 amide bonds. The Balaban J connectivity index is 0.00000225. The van der Waals surface area contributed by atoms with Crippen molar-refractivity contribution in [1.29, 1.82) is 0 Å². The fourth-order valence-electron chi connectivity index (χ4n) is 2.58. The van der Waals surface area contributed by atoms with Gasteiger partial charge in [-0.05, 0) is 37.0 Å². The Morgan fingerprint density at radius 2 is 2.04 bits per heavy atom. The smallest absolute Gasteiger partial charge is 0.191 e. The third-order valence-corrected chi connectivity index (χ3v) is 5.64. The van der Waals surface area contributed by atoms with Gasteiger partial charge in [0.15, 0.2) is 5.96 Å². The van der Waals surface area contributed by atoms with E-state index in [1.165, 1.54) is 23.3 Å². The van der Waals surface area contributed by atoms with Gasteiger partial charge in [0.25, 0.3) is 0 Å². The number of aryl methyl sites for hydroxylation is 1. The second-order valence-corrected chi connectivity index (χ2v) is 7.76. The monoisotopic (exact) mass is 471 g/mol. The van der Waals surface area contributed by atoms with Crippen LogP contribution in [0, 0.1) is 0 Å². The molecule has 3 rings (SSSR count). The van der Waals surface area contributed by atoms with Crippen molar-refractivity contribution in [3.63, 3.8) is 0 Å². The second kappa shape index (κ2) is 9.47. The van der Waals surface area contributed by atoms with Crippen molar-refractivity contribution in [3.8, 4) is 0 Å². The lowest BCUT2D eigenvalue weighted by Gasteiger charge is -2.18. The van der Waals surface area contributed by atoms with Crippen molar-refractivity contribution in [2.45, 2.75) is 28.9 Å². The molecule has 25 heavy (non-hydrogen) atoms. The zero-order chi connectivity index (χ0) is 16.8. The predicted molar refractivity (Wildman–Crippen MR) is 116 cm³/mol. The topological polar surface area (TPSA) is 54.2 Å². The van der Waals surface area contributed by atoms with Crippen molar-refractivity contribution < 1.29 is 0 Å². The first-order chi connectivity index (χ1) is 11.7. The average Bonchev–Trinajstić information content (AvgIpc) is 3.23. The summed E-state index contributed by atoms with van der Waals surface area (Å²) in [7, 11) is 3.76. The van der Waals surface area contributed by atoms with Gasteiger partial charge >= 0.3 is 0 Å². The minimum Gasteiger partial charge on any atom is -0.356 e. The van der Waals surface area contributed by atoms with Crippen molar-refractivity contribution in [3.05, 3.63) is 48.3 Å². The van der Waals surface area contributed by atoms with Gasteiger partial charge in [0.1, 0.15) is 0 Å². The number of aromatic nitrogens is 2. The van der Waals surface area contributed by atoms with Gasteiger partial charge in [0, 0.05) is 43.0 Å². The van der Waals surface area contributed by atoms with Gasteiger partial charge in [0.2, 0.25) is 0 Å². The molecule has 0 spiro atoms. The summed E-state index contributed by atoms with van der Waals surface area (Å²) in [5.74, 6) is 0.874. The van der Waals surface area contributed by atoms with Gasteiger partial charge in [-0.1, -0.05) is 18.2 Å². The normalized spacial score (nSPS) is 15.4. The summed E-state index contributed by atoms with van der Waals surface area (Å²) in [5.41, 5.74) is 1.23. The minimum atomic E-state index is 0. The van der Waals surface area contributed by atoms with Crippen LogP contribution in [0.4, 0.5) is 0 Å². The Morgan fingerprint density at radius 3 is 2.64 bits per heavy atom. The fraction of sp³-hybridized carbons (Fsp3) is 0.444. The molecule has 1 aromatic carbocycles. The first-order valence-corrected chi connectivity index (χ1v) is 9.17. The number of benzene rings is 1. The van der Waals surface area contributed by atoms with Crippen LogP contribution in [-0.4, -0.2) is 40.6 Å². The molecule has 0 bridgehead atoms. The average molecular weight is 471 g/mol. The van der Waals surface area contributed by atoms with Gasteiger partial charge in [-0.3, -0.25) is 9.67 Å². The summed E-state index contributed by atoms with van der Waals surface area (Å²) >= 11 is 1.98. The molecule has 1 aliphatic carbocycles. The molecule has 0 unspecified atom stereocenters. The van der Waals surface area contributed by atoms with Crippen molar-refractivity contribution >= 4 is 41.7 Å². The van der Waals surface area contributed by atoms with Gasteiger partial charge < -0.3 is 10.6 Å². The Kier molecular flexibility index (Phi) is 7.61. The lowest BCUT2D eigenvalue weighted by atomic mass is 10.2. The highest BCUT2D eigenvalue weighted by molar-refractivity contribution is 14.0. The molecule has 1 aromatic heterocycles. The molecule has 1 saturated carbocycles. The molecule has 0 aliphatic heterocycles. The van der Waals surface area contributed by atoms with Crippen LogP contribution in [0.15, 0.2) is 52.6 Å². The summed E-state index contributed by atoms with van der Waals surface area (Å²) in [4.78, 5) is 5.67. The van der Waals surface area contributed by atoms with E-state index < -0.39 is 0 Å². The number of rotatable bonds is 7. The number of hydrogen-bond donors (Lipinski definition) is 2. The van der Waals surface area contributed by atoms with E-state index in [1.807, 2.05) is 42.9 Å². The van der Waals surface area contributed by atoms with Crippen LogP contribution in [-0.2, 0) is 13.5 Å². The summed E-state index contributed by atoms with van der Waals surface area (Å²) in [6.07, 6.45) is 7.41. The number of nitrogens with one attached hydrogen (secondary N) is 2. The van der Waals surface area contributed by atoms with E-state index in [1.54, 1.807) is 0 Å². The SMILES string of the molecule is CN=C(NCCc1cnn(C)c1)NCC1(Sc2ccccc2)CC1.I. The number of halogens is 1. The highest BCUT2D eigenvalue weighted by atomic mass is 127. The maximum atomic E-state index is 4.33. The van der Waals surface area contributed by atoms with Crippen molar-refractivity contribution in [2.24, 2.45) is 12.0 Å². The third kappa shape index (κ3) is 6.22. The molecule has 0 atom stereocenters. The van der Waals surface area contributed by atoms with Gasteiger partial charge in [-0.2, -0.15) is 5.10 Å². The Morgan fingerprint density at radius 1 is 1.28 bits per heavy atom. The summed E-state index contributed by atoms with van der Waals surface area (Å²) in [5, 5.41) is 11.1. The second-order valence-electron chi connectivity index (χ2n) is 6.22. The molecule has 1 aliphatic rings. The molecule has 2 aromatic rings. The summed E-state index contributed by atoms with van der Waals surface area (Å²) < 4.78 is 2.16. The van der Waals surface area contributed by atoms with Gasteiger partial charge in [-0.25, -0.2) is 0 Å². The molecule has 1 fully saturated rings. The third-order valence-electron chi connectivity index (χ3n) is 4.15. The number of thioether (sulfide) groups is 1. The summed E-state index contributed by atoms with van der Waals surface area (Å²) in [6.45, 7) is 1.79. The van der Waals surface area contributed by atoms with Crippen LogP contribution in [0.25, 0.3) is 0 Å². The molecule has 5 nitrogen and oxygen atoms in total. The molecular formula is C18H26IN5S. The minimum absolute atomic E-state index is 0. The van der Waals surface area contributed by atoms with E-state index in [4.69, 9.17) is 0 Å². The molecule has 136 valence electrons. The zero-order valence-corrected chi connectivity index (χ0v) is 17.9. The van der Waals surface area contributed by atoms with E-state index in [9.17, 15) is 0 Å². The lowest BCUT2D eigenvalue weighted by molar-refractivity contribution is 0.757. The molecule has 1 heterocycles. The first-order valence-electron chi connectivity index (χ1n) is 8.35. The Labute approximate surface area is 171 Å². The quantitative estimate of drug-likeness (QED) is 0.370. The van der Waals surface area contributed by atoms with E-state index in [-0.39, 0.29) is 24.0 Å². The van der Waals surface area contributed by atoms with Gasteiger partial charge in [0.05, 0.1) is 6.20 Å². The lowest BCUT2D eigenvalue weighted by Crippen LogP contribution is -2.41. The van der Waals surface area contributed by atoms with Crippen LogP contribution < -0.4 is 10.6 Å². The standard InChI is InChI=1S/C18H25N5S.HI/c1-19-17(20-11-8-15-12-22-23(2)13-15)21-14-18(9-10-18)24-16-6-4-3-5-7-16;/h3-7,12-13H,8-11,14H2,1-2H3,(H2,19,20,21);1H. The van der Waals surface area contributed by atoms with Crippen LogP contribution in [0.3, 0.4) is 0 Å². The van der Waals surface area contributed by atoms with Crippen molar-refractivity contribution in [1.82, 2.24) is 20.4 Å². The van der Waals surface area contributed by atoms with E-state index in [0.717, 1.165) is 25.5 Å². The number of guanidine groups is 1. The highest BCUT2D eigenvalue weighted by Gasteiger charge is 2.43. The van der Waals surface area contributed by atoms with Crippen LogP contribution in [0.5, 0.6) is 0 Å². The molecular weight excluding hydrogens is 445 g/mol. The maximum absolute atomic E-state index is 4.33. The largest absolute Gasteiger partial charge is 0.356 e. The predicted octanol–water partition coefficient (Wildman–Crippen LogP) is 3.07. The molecule has 0 saturated heterocycles. The number of aliphatic imine (C=N–C) groups is 1. The number of hydrogen-bond acceptors (Lipinski definition) is 3. The highest BCUT2D eigenvalue weighted by Crippen LogP contribution is 2.51. The first kappa shape index (κ1) is 20.1. The maximum Gasteiger partial charge on any atom is 0.191 e. The van der Waals surface area contributed by atoms with E-state index in [0.29, 0.717) is 4.75 Å². The molecule has 7 heteroatoms. The molecule has 2 N–H and O–H groups in total. The Hall–Kier alpha value is -1.22. The summed E-state index contributed by atoms with van der Waals surface area (Å²) in [6, 6.07) is 10.6. The van der Waals surface area contributed by atoms with Crippen LogP contribution >= 0.6 is 35.7 Å². The zero-order valence-electron chi connectivity index (χ0n) is 14.7. The molecule has 0 radical (unpaired) electrons. The number of nitrogens with zero attached hydrogens (tertiary/aromatic N) is 3. The Bertz CT molecular complexity index is 682. The van der Waals surface area contributed by atoms with Crippen LogP contribution in [0.1, 0.15) is 18.4 Å². The van der Waals surface area contributed by atoms with E-state index in [2.05, 4.69) is 51.1 Å². The van der Waals surface area contributed by atoms with Gasteiger partial charge in [-0.15, -0.1) is 35.7 Å². The van der Waals surface area contributed by atoms with E-state index >= 15 is 0 Å².